The van der Waals surface area contributed by atoms with Crippen LogP contribution in [0.4, 0.5) is 13.2 Å². The lowest BCUT2D eigenvalue weighted by molar-refractivity contribution is -0.122. The first-order valence-electron chi connectivity index (χ1n) is 7.90. The molecule has 0 atom stereocenters. The second-order valence-electron chi connectivity index (χ2n) is 6.13. The van der Waals surface area contributed by atoms with E-state index in [-0.39, 0.29) is 12.5 Å². The molecule has 2 amide bonds. The number of benzene rings is 1. The van der Waals surface area contributed by atoms with Crippen molar-refractivity contribution in [1.29, 1.82) is 0 Å². The van der Waals surface area contributed by atoms with E-state index in [2.05, 4.69) is 5.32 Å². The Hall–Kier alpha value is -2.09. The number of carbonyl (C=O) groups excluding carboxylic acids is 2. The van der Waals surface area contributed by atoms with E-state index in [1.807, 2.05) is 4.90 Å². The zero-order valence-corrected chi connectivity index (χ0v) is 13.0. The zero-order chi connectivity index (χ0) is 17.3. The molecule has 2 fully saturated rings. The van der Waals surface area contributed by atoms with Gasteiger partial charge in [0.15, 0.2) is 17.5 Å². The summed E-state index contributed by atoms with van der Waals surface area (Å²) in [6.07, 6.45) is 2.04. The monoisotopic (exact) mass is 341 g/mol. The fourth-order valence-electron chi connectivity index (χ4n) is 2.67. The molecule has 2 aliphatic rings. The summed E-state index contributed by atoms with van der Waals surface area (Å²) >= 11 is 0. The maximum Gasteiger partial charge on any atom is 0.257 e. The molecule has 0 spiro atoms. The predicted octanol–water partition coefficient (Wildman–Crippen LogP) is 1.14. The van der Waals surface area contributed by atoms with Gasteiger partial charge in [0, 0.05) is 32.2 Å². The molecule has 1 heterocycles. The van der Waals surface area contributed by atoms with Gasteiger partial charge in [-0.1, -0.05) is 0 Å². The van der Waals surface area contributed by atoms with E-state index < -0.39 is 28.9 Å². The number of nitrogens with zero attached hydrogens (tertiary/aromatic N) is 2. The standard InChI is InChI=1S/C16H18F3N3O2/c17-12-4-3-11(14(18)15(12)19)16(24)22-7-5-21(6-8-22)9-13(23)20-10-1-2-10/h3-4,10H,1-2,5-9H2,(H,20,23). The SMILES string of the molecule is O=C(CN1CCN(C(=O)c2ccc(F)c(F)c2F)CC1)NC1CC1. The van der Waals surface area contributed by atoms with Crippen LogP contribution in [0.2, 0.25) is 0 Å². The molecule has 1 aromatic carbocycles. The van der Waals surface area contributed by atoms with Gasteiger partial charge in [0.2, 0.25) is 5.91 Å². The highest BCUT2D eigenvalue weighted by Crippen LogP contribution is 2.19. The Morgan fingerprint density at radius 3 is 2.33 bits per heavy atom. The van der Waals surface area contributed by atoms with Gasteiger partial charge in [0.05, 0.1) is 12.1 Å². The van der Waals surface area contributed by atoms with Crippen LogP contribution in [0.1, 0.15) is 23.2 Å². The van der Waals surface area contributed by atoms with Crippen molar-refractivity contribution in [2.24, 2.45) is 0 Å². The first kappa shape index (κ1) is 16.8. The molecule has 130 valence electrons. The molecule has 0 radical (unpaired) electrons. The summed E-state index contributed by atoms with van der Waals surface area (Å²) in [5.41, 5.74) is -0.478. The van der Waals surface area contributed by atoms with E-state index in [9.17, 15) is 22.8 Å². The van der Waals surface area contributed by atoms with E-state index in [0.717, 1.165) is 25.0 Å². The van der Waals surface area contributed by atoms with Crippen molar-refractivity contribution in [2.45, 2.75) is 18.9 Å². The number of hydrogen-bond acceptors (Lipinski definition) is 3. The number of rotatable bonds is 4. The van der Waals surface area contributed by atoms with Gasteiger partial charge in [0.1, 0.15) is 0 Å². The Kier molecular flexibility index (Phi) is 4.75. The minimum atomic E-state index is -1.64. The maximum atomic E-state index is 13.7. The van der Waals surface area contributed by atoms with Gasteiger partial charge in [-0.05, 0) is 25.0 Å². The molecule has 1 aliphatic heterocycles. The molecule has 8 heteroatoms. The Labute approximate surface area is 137 Å². The Morgan fingerprint density at radius 2 is 1.71 bits per heavy atom. The van der Waals surface area contributed by atoms with Crippen LogP contribution < -0.4 is 5.32 Å². The van der Waals surface area contributed by atoms with Crippen molar-refractivity contribution in [2.75, 3.05) is 32.7 Å². The number of hydrogen-bond donors (Lipinski definition) is 1. The fourth-order valence-corrected chi connectivity index (χ4v) is 2.67. The van der Waals surface area contributed by atoms with Crippen LogP contribution in [0.3, 0.4) is 0 Å². The molecule has 5 nitrogen and oxygen atoms in total. The highest BCUT2D eigenvalue weighted by Gasteiger charge is 2.28. The molecule has 0 unspecified atom stereocenters. The predicted molar refractivity (Wildman–Crippen MR) is 79.8 cm³/mol. The number of piperazine rings is 1. The normalized spacial score (nSPS) is 18.5. The van der Waals surface area contributed by atoms with E-state index in [1.165, 1.54) is 4.90 Å². The minimum absolute atomic E-state index is 0.0380. The Morgan fingerprint density at radius 1 is 1.04 bits per heavy atom. The van der Waals surface area contributed by atoms with Crippen LogP contribution in [0.25, 0.3) is 0 Å². The molecular weight excluding hydrogens is 323 g/mol. The molecular formula is C16H18F3N3O2. The lowest BCUT2D eigenvalue weighted by Gasteiger charge is -2.34. The van der Waals surface area contributed by atoms with Crippen molar-refractivity contribution in [3.63, 3.8) is 0 Å². The first-order chi connectivity index (χ1) is 11.5. The lowest BCUT2D eigenvalue weighted by atomic mass is 10.1. The van der Waals surface area contributed by atoms with Crippen molar-refractivity contribution >= 4 is 11.8 Å². The number of halogens is 3. The fraction of sp³-hybridized carbons (Fsp3) is 0.500. The Balaban J connectivity index is 1.55. The highest BCUT2D eigenvalue weighted by molar-refractivity contribution is 5.94. The minimum Gasteiger partial charge on any atom is -0.352 e. The average molecular weight is 341 g/mol. The van der Waals surface area contributed by atoms with Crippen LogP contribution in [0.15, 0.2) is 12.1 Å². The largest absolute Gasteiger partial charge is 0.352 e. The quantitative estimate of drug-likeness (QED) is 0.836. The zero-order valence-electron chi connectivity index (χ0n) is 13.0. The summed E-state index contributed by atoms with van der Waals surface area (Å²) < 4.78 is 39.9. The molecule has 1 N–H and O–H groups in total. The first-order valence-corrected chi connectivity index (χ1v) is 7.90. The van der Waals surface area contributed by atoms with Gasteiger partial charge in [-0.2, -0.15) is 0 Å². The summed E-state index contributed by atoms with van der Waals surface area (Å²) in [6, 6.07) is 1.99. The third-order valence-electron chi connectivity index (χ3n) is 4.23. The van der Waals surface area contributed by atoms with Crippen molar-refractivity contribution in [3.05, 3.63) is 35.1 Å². The molecule has 0 aromatic heterocycles. The van der Waals surface area contributed by atoms with Crippen molar-refractivity contribution in [1.82, 2.24) is 15.1 Å². The smallest absolute Gasteiger partial charge is 0.257 e. The van der Waals surface area contributed by atoms with Gasteiger partial charge < -0.3 is 10.2 Å². The molecule has 0 bridgehead atoms. The van der Waals surface area contributed by atoms with Crippen molar-refractivity contribution in [3.8, 4) is 0 Å². The number of amides is 2. The number of nitrogens with one attached hydrogen (secondary N) is 1. The molecule has 24 heavy (non-hydrogen) atoms. The molecule has 3 rings (SSSR count). The molecule has 1 saturated heterocycles. The highest BCUT2D eigenvalue weighted by atomic mass is 19.2. The van der Waals surface area contributed by atoms with E-state index in [1.54, 1.807) is 0 Å². The average Bonchev–Trinajstić information content (AvgIpc) is 3.37. The van der Waals surface area contributed by atoms with Gasteiger partial charge >= 0.3 is 0 Å². The second kappa shape index (κ2) is 6.80. The molecule has 1 saturated carbocycles. The topological polar surface area (TPSA) is 52.7 Å². The second-order valence-corrected chi connectivity index (χ2v) is 6.13. The molecule has 1 aromatic rings. The van der Waals surface area contributed by atoms with E-state index in [0.29, 0.717) is 32.2 Å². The van der Waals surface area contributed by atoms with Crippen LogP contribution in [-0.2, 0) is 4.79 Å². The third-order valence-corrected chi connectivity index (χ3v) is 4.23. The van der Waals surface area contributed by atoms with Gasteiger partial charge in [-0.25, -0.2) is 13.2 Å². The lowest BCUT2D eigenvalue weighted by Crippen LogP contribution is -2.51. The maximum absolute atomic E-state index is 13.7. The summed E-state index contributed by atoms with van der Waals surface area (Å²) in [4.78, 5) is 27.3. The van der Waals surface area contributed by atoms with Crippen molar-refractivity contribution < 1.29 is 22.8 Å². The molecule has 1 aliphatic carbocycles. The van der Waals surface area contributed by atoms with Crippen LogP contribution in [0, 0.1) is 17.5 Å². The van der Waals surface area contributed by atoms with Crippen LogP contribution in [0.5, 0.6) is 0 Å². The van der Waals surface area contributed by atoms with Gasteiger partial charge in [-0.3, -0.25) is 14.5 Å². The van der Waals surface area contributed by atoms with Gasteiger partial charge in [-0.15, -0.1) is 0 Å². The third kappa shape index (κ3) is 3.69. The van der Waals surface area contributed by atoms with Gasteiger partial charge in [0.25, 0.3) is 5.91 Å². The summed E-state index contributed by atoms with van der Waals surface area (Å²) in [7, 11) is 0. The van der Waals surface area contributed by atoms with E-state index in [4.69, 9.17) is 0 Å². The summed E-state index contributed by atoms with van der Waals surface area (Å²) in [5.74, 6) is -5.14. The number of carbonyl (C=O) groups is 2. The van der Waals surface area contributed by atoms with Crippen LogP contribution >= 0.6 is 0 Å². The Bertz CT molecular complexity index is 656. The summed E-state index contributed by atoms with van der Waals surface area (Å²) in [6.45, 7) is 1.80. The summed E-state index contributed by atoms with van der Waals surface area (Å²) in [5, 5.41) is 2.89. The van der Waals surface area contributed by atoms with E-state index >= 15 is 0 Å². The van der Waals surface area contributed by atoms with Crippen LogP contribution in [-0.4, -0.2) is 60.4 Å².